The highest BCUT2D eigenvalue weighted by Gasteiger charge is 2.22. The SMILES string of the molecule is Cc1cccc(OCCC(=O)Nc2cccc(S(=O)(=O)NC(C)(C)C)c2)c1. The van der Waals surface area contributed by atoms with Crippen LogP contribution in [0.4, 0.5) is 5.69 Å². The molecular formula is C20H26N2O4S. The Labute approximate surface area is 161 Å². The summed E-state index contributed by atoms with van der Waals surface area (Å²) in [6.07, 6.45) is 0.158. The molecule has 0 aliphatic heterocycles. The molecule has 146 valence electrons. The van der Waals surface area contributed by atoms with Gasteiger partial charge in [0.25, 0.3) is 0 Å². The average molecular weight is 391 g/mol. The lowest BCUT2D eigenvalue weighted by Crippen LogP contribution is -2.40. The molecule has 0 bridgehead atoms. The molecule has 0 aromatic heterocycles. The van der Waals surface area contributed by atoms with Crippen LogP contribution in [-0.4, -0.2) is 26.5 Å². The first-order valence-electron chi connectivity index (χ1n) is 8.68. The molecule has 0 saturated carbocycles. The Balaban J connectivity index is 1.94. The minimum Gasteiger partial charge on any atom is -0.493 e. The van der Waals surface area contributed by atoms with E-state index in [1.165, 1.54) is 12.1 Å². The first-order chi connectivity index (χ1) is 12.5. The van der Waals surface area contributed by atoms with Crippen molar-refractivity contribution in [3.63, 3.8) is 0 Å². The van der Waals surface area contributed by atoms with Gasteiger partial charge in [0, 0.05) is 11.2 Å². The van der Waals surface area contributed by atoms with Crippen LogP contribution in [0, 0.1) is 6.92 Å². The Bertz CT molecular complexity index is 902. The van der Waals surface area contributed by atoms with Crippen LogP contribution < -0.4 is 14.8 Å². The summed E-state index contributed by atoms with van der Waals surface area (Å²) in [5, 5.41) is 2.70. The summed E-state index contributed by atoms with van der Waals surface area (Å²) >= 11 is 0. The highest BCUT2D eigenvalue weighted by molar-refractivity contribution is 7.89. The van der Waals surface area contributed by atoms with Gasteiger partial charge in [-0.2, -0.15) is 0 Å². The van der Waals surface area contributed by atoms with Crippen molar-refractivity contribution in [3.8, 4) is 5.75 Å². The standard InChI is InChI=1S/C20H26N2O4S/c1-15-7-5-9-17(13-15)26-12-11-19(23)21-16-8-6-10-18(14-16)27(24,25)22-20(2,3)4/h5-10,13-14,22H,11-12H2,1-4H3,(H,21,23). The van der Waals surface area contributed by atoms with Gasteiger partial charge in [-0.15, -0.1) is 0 Å². The molecule has 0 fully saturated rings. The lowest BCUT2D eigenvalue weighted by molar-refractivity contribution is -0.116. The number of aryl methyl sites for hydroxylation is 1. The largest absolute Gasteiger partial charge is 0.493 e. The van der Waals surface area contributed by atoms with E-state index in [0.29, 0.717) is 11.4 Å². The number of carbonyl (C=O) groups excluding carboxylic acids is 1. The third-order valence-corrected chi connectivity index (χ3v) is 5.21. The molecule has 2 aromatic carbocycles. The van der Waals surface area contributed by atoms with E-state index < -0.39 is 15.6 Å². The van der Waals surface area contributed by atoms with Crippen LogP contribution in [0.1, 0.15) is 32.8 Å². The number of hydrogen-bond acceptors (Lipinski definition) is 4. The summed E-state index contributed by atoms with van der Waals surface area (Å²) < 4.78 is 32.9. The zero-order valence-electron chi connectivity index (χ0n) is 16.1. The number of benzene rings is 2. The molecule has 0 saturated heterocycles. The molecule has 2 aromatic rings. The second-order valence-electron chi connectivity index (χ2n) is 7.35. The molecule has 0 aliphatic rings. The summed E-state index contributed by atoms with van der Waals surface area (Å²) in [6, 6.07) is 13.8. The number of ether oxygens (including phenoxy) is 1. The number of hydrogen-bond donors (Lipinski definition) is 2. The maximum atomic E-state index is 12.4. The first kappa shape index (κ1) is 20.9. The summed E-state index contributed by atoms with van der Waals surface area (Å²) in [7, 11) is -3.66. The van der Waals surface area contributed by atoms with Gasteiger partial charge in [0.1, 0.15) is 5.75 Å². The lowest BCUT2D eigenvalue weighted by Gasteiger charge is -2.20. The maximum absolute atomic E-state index is 12.4. The first-order valence-corrected chi connectivity index (χ1v) is 10.2. The highest BCUT2D eigenvalue weighted by atomic mass is 32.2. The summed E-state index contributed by atoms with van der Waals surface area (Å²) in [6.45, 7) is 7.51. The van der Waals surface area contributed by atoms with Gasteiger partial charge in [-0.3, -0.25) is 4.79 Å². The van der Waals surface area contributed by atoms with Crippen LogP contribution in [0.25, 0.3) is 0 Å². The van der Waals surface area contributed by atoms with Gasteiger partial charge >= 0.3 is 0 Å². The van der Waals surface area contributed by atoms with Crippen molar-refractivity contribution < 1.29 is 17.9 Å². The van der Waals surface area contributed by atoms with E-state index in [2.05, 4.69) is 10.0 Å². The molecule has 0 atom stereocenters. The van der Waals surface area contributed by atoms with Gasteiger partial charge < -0.3 is 10.1 Å². The molecule has 2 rings (SSSR count). The van der Waals surface area contributed by atoms with E-state index in [1.54, 1.807) is 32.9 Å². The van der Waals surface area contributed by atoms with Crippen LogP contribution in [0.3, 0.4) is 0 Å². The van der Waals surface area contributed by atoms with E-state index >= 15 is 0 Å². The normalized spacial score (nSPS) is 11.9. The molecule has 0 heterocycles. The quantitative estimate of drug-likeness (QED) is 0.758. The minimum atomic E-state index is -3.66. The second kappa shape index (κ2) is 8.54. The molecule has 0 radical (unpaired) electrons. The van der Waals surface area contributed by atoms with Crippen LogP contribution in [0.2, 0.25) is 0 Å². The lowest BCUT2D eigenvalue weighted by atomic mass is 10.1. The molecule has 27 heavy (non-hydrogen) atoms. The van der Waals surface area contributed by atoms with Crippen molar-refractivity contribution in [1.82, 2.24) is 4.72 Å². The molecule has 0 spiro atoms. The fourth-order valence-corrected chi connectivity index (χ4v) is 3.86. The fraction of sp³-hybridized carbons (Fsp3) is 0.350. The van der Waals surface area contributed by atoms with E-state index in [4.69, 9.17) is 4.74 Å². The van der Waals surface area contributed by atoms with Crippen molar-refractivity contribution in [1.29, 1.82) is 0 Å². The predicted molar refractivity (Wildman–Crippen MR) is 106 cm³/mol. The van der Waals surface area contributed by atoms with Gasteiger partial charge in [-0.25, -0.2) is 13.1 Å². The fourth-order valence-electron chi connectivity index (χ4n) is 2.39. The van der Waals surface area contributed by atoms with Crippen LogP contribution in [-0.2, 0) is 14.8 Å². The zero-order chi connectivity index (χ0) is 20.1. The molecule has 0 aliphatic carbocycles. The van der Waals surface area contributed by atoms with Crippen molar-refractivity contribution >= 4 is 21.6 Å². The van der Waals surface area contributed by atoms with Gasteiger partial charge in [-0.1, -0.05) is 18.2 Å². The monoisotopic (exact) mass is 390 g/mol. The van der Waals surface area contributed by atoms with E-state index in [9.17, 15) is 13.2 Å². The summed E-state index contributed by atoms with van der Waals surface area (Å²) in [5.74, 6) is 0.463. The van der Waals surface area contributed by atoms with Gasteiger partial charge in [0.05, 0.1) is 17.9 Å². The van der Waals surface area contributed by atoms with E-state index in [1.807, 2.05) is 31.2 Å². The van der Waals surface area contributed by atoms with Gasteiger partial charge in [-0.05, 0) is 63.6 Å². The Kier molecular flexibility index (Phi) is 6.62. The predicted octanol–water partition coefficient (Wildman–Crippen LogP) is 3.48. The topological polar surface area (TPSA) is 84.5 Å². The highest BCUT2D eigenvalue weighted by Crippen LogP contribution is 2.18. The number of sulfonamides is 1. The summed E-state index contributed by atoms with van der Waals surface area (Å²) in [4.78, 5) is 12.2. The number of anilines is 1. The summed E-state index contributed by atoms with van der Waals surface area (Å²) in [5.41, 5.74) is 0.914. The molecule has 2 N–H and O–H groups in total. The van der Waals surface area contributed by atoms with Crippen molar-refractivity contribution in [2.75, 3.05) is 11.9 Å². The number of amides is 1. The number of carbonyl (C=O) groups is 1. The van der Waals surface area contributed by atoms with Crippen molar-refractivity contribution in [2.24, 2.45) is 0 Å². The molecule has 6 nitrogen and oxygen atoms in total. The van der Waals surface area contributed by atoms with Gasteiger partial charge in [0.2, 0.25) is 15.9 Å². The third kappa shape index (κ3) is 7.03. The van der Waals surface area contributed by atoms with Crippen molar-refractivity contribution in [2.45, 2.75) is 44.6 Å². The molecule has 1 amide bonds. The van der Waals surface area contributed by atoms with Crippen LogP contribution in [0.5, 0.6) is 5.75 Å². The Morgan fingerprint density at radius 2 is 1.78 bits per heavy atom. The molecule has 0 unspecified atom stereocenters. The second-order valence-corrected chi connectivity index (χ2v) is 9.03. The number of rotatable bonds is 7. The third-order valence-electron chi connectivity index (χ3n) is 3.46. The van der Waals surface area contributed by atoms with Crippen molar-refractivity contribution in [3.05, 3.63) is 54.1 Å². The van der Waals surface area contributed by atoms with Crippen LogP contribution in [0.15, 0.2) is 53.4 Å². The maximum Gasteiger partial charge on any atom is 0.241 e. The minimum absolute atomic E-state index is 0.103. The van der Waals surface area contributed by atoms with E-state index in [0.717, 1.165) is 5.56 Å². The van der Waals surface area contributed by atoms with E-state index in [-0.39, 0.29) is 23.8 Å². The zero-order valence-corrected chi connectivity index (χ0v) is 16.9. The Morgan fingerprint density at radius 1 is 1.07 bits per heavy atom. The smallest absolute Gasteiger partial charge is 0.241 e. The van der Waals surface area contributed by atoms with Gasteiger partial charge in [0.15, 0.2) is 0 Å². The van der Waals surface area contributed by atoms with Crippen LogP contribution >= 0.6 is 0 Å². The molecule has 7 heteroatoms. The average Bonchev–Trinajstić information content (AvgIpc) is 2.53. The molecular weight excluding hydrogens is 364 g/mol. The Hall–Kier alpha value is -2.38. The number of nitrogens with one attached hydrogen (secondary N) is 2. The Morgan fingerprint density at radius 3 is 2.44 bits per heavy atom.